The average molecular weight is 406 g/mol. The highest BCUT2D eigenvalue weighted by Gasteiger charge is 2.07. The number of carbonyl (C=O) groups is 3. The van der Waals surface area contributed by atoms with Crippen molar-refractivity contribution in [1.29, 1.82) is 0 Å². The number of hydrogen-bond acceptors (Lipinski definition) is 4. The topological polar surface area (TPSA) is 95.5 Å². The first kappa shape index (κ1) is 20.2. The molecule has 0 aliphatic heterocycles. The monoisotopic (exact) mass is 406 g/mol. The number of fused-ring (bicyclic) bond motifs is 1. The normalized spacial score (nSPS) is 10.8. The van der Waals surface area contributed by atoms with Crippen molar-refractivity contribution in [3.8, 4) is 0 Å². The first-order valence-corrected chi connectivity index (χ1v) is 9.72. The number of carboxylic acids is 1. The zero-order valence-electron chi connectivity index (χ0n) is 15.3. The van der Waals surface area contributed by atoms with Gasteiger partial charge in [0.25, 0.3) is 0 Å². The maximum Gasteiger partial charge on any atom is 0.328 e. The van der Waals surface area contributed by atoms with Crippen molar-refractivity contribution in [1.82, 2.24) is 0 Å². The predicted octanol–water partition coefficient (Wildman–Crippen LogP) is 4.15. The standard InChI is InChI=1S/C22H18N2O4S/c25-20(11-12-22(27)28)23-16-7-4-8-17(13-16)29-14-21(26)24-19-10-3-6-15-5-1-2-9-18(15)19/h1-13H,14H2,(H,23,25)(H,24,26)(H,27,28)/b12-11+. The summed E-state index contributed by atoms with van der Waals surface area (Å²) < 4.78 is 0. The molecule has 6 nitrogen and oxygen atoms in total. The van der Waals surface area contributed by atoms with E-state index >= 15 is 0 Å². The van der Waals surface area contributed by atoms with E-state index in [1.54, 1.807) is 18.2 Å². The summed E-state index contributed by atoms with van der Waals surface area (Å²) in [4.78, 5) is 35.3. The Labute approximate surface area is 171 Å². The van der Waals surface area contributed by atoms with E-state index in [9.17, 15) is 14.4 Å². The van der Waals surface area contributed by atoms with E-state index in [-0.39, 0.29) is 11.7 Å². The molecule has 146 valence electrons. The molecular weight excluding hydrogens is 388 g/mol. The number of nitrogens with one attached hydrogen (secondary N) is 2. The lowest BCUT2D eigenvalue weighted by Gasteiger charge is -2.09. The number of benzene rings is 3. The van der Waals surface area contributed by atoms with Crippen molar-refractivity contribution in [3.05, 3.63) is 78.9 Å². The Bertz CT molecular complexity index is 1090. The van der Waals surface area contributed by atoms with Gasteiger partial charge in [-0.15, -0.1) is 11.8 Å². The van der Waals surface area contributed by atoms with Crippen LogP contribution in [-0.2, 0) is 14.4 Å². The van der Waals surface area contributed by atoms with Crippen LogP contribution in [0.1, 0.15) is 0 Å². The van der Waals surface area contributed by atoms with Crippen LogP contribution in [0.4, 0.5) is 11.4 Å². The molecule has 0 heterocycles. The molecule has 7 heteroatoms. The van der Waals surface area contributed by atoms with Gasteiger partial charge in [-0.3, -0.25) is 9.59 Å². The zero-order valence-corrected chi connectivity index (χ0v) is 16.1. The summed E-state index contributed by atoms with van der Waals surface area (Å²) in [6.45, 7) is 0. The summed E-state index contributed by atoms with van der Waals surface area (Å²) in [6.07, 6.45) is 1.71. The number of anilines is 2. The quantitative estimate of drug-likeness (QED) is 0.405. The molecular formula is C22H18N2O4S. The van der Waals surface area contributed by atoms with E-state index in [4.69, 9.17) is 5.11 Å². The number of thioether (sulfide) groups is 1. The number of carbonyl (C=O) groups excluding carboxylic acids is 2. The van der Waals surface area contributed by atoms with Crippen molar-refractivity contribution in [3.63, 3.8) is 0 Å². The second kappa shape index (κ2) is 9.57. The maximum absolute atomic E-state index is 12.4. The highest BCUT2D eigenvalue weighted by Crippen LogP contribution is 2.25. The van der Waals surface area contributed by atoms with Gasteiger partial charge in [0.1, 0.15) is 0 Å². The minimum Gasteiger partial charge on any atom is -0.478 e. The second-order valence-electron chi connectivity index (χ2n) is 6.05. The van der Waals surface area contributed by atoms with E-state index in [1.165, 1.54) is 11.8 Å². The molecule has 0 unspecified atom stereocenters. The third-order valence-electron chi connectivity index (χ3n) is 3.91. The molecule has 0 atom stereocenters. The maximum atomic E-state index is 12.4. The fourth-order valence-electron chi connectivity index (χ4n) is 2.66. The van der Waals surface area contributed by atoms with Gasteiger partial charge >= 0.3 is 5.97 Å². The molecule has 0 aliphatic rings. The number of amides is 2. The lowest BCUT2D eigenvalue weighted by molar-refractivity contribution is -0.131. The Morgan fingerprint density at radius 3 is 2.48 bits per heavy atom. The third-order valence-corrected chi connectivity index (χ3v) is 4.91. The molecule has 0 aromatic heterocycles. The molecule has 0 radical (unpaired) electrons. The van der Waals surface area contributed by atoms with Crippen molar-refractivity contribution in [2.75, 3.05) is 16.4 Å². The van der Waals surface area contributed by atoms with E-state index in [0.29, 0.717) is 5.69 Å². The largest absolute Gasteiger partial charge is 0.478 e. The minimum absolute atomic E-state index is 0.134. The zero-order chi connectivity index (χ0) is 20.6. The third kappa shape index (κ3) is 5.95. The van der Waals surface area contributed by atoms with Gasteiger partial charge in [0.15, 0.2) is 0 Å². The summed E-state index contributed by atoms with van der Waals surface area (Å²) in [7, 11) is 0. The summed E-state index contributed by atoms with van der Waals surface area (Å²) >= 11 is 1.34. The first-order chi connectivity index (χ1) is 14.0. The van der Waals surface area contributed by atoms with Gasteiger partial charge < -0.3 is 15.7 Å². The van der Waals surface area contributed by atoms with Crippen LogP contribution in [0.2, 0.25) is 0 Å². The molecule has 0 saturated heterocycles. The summed E-state index contributed by atoms with van der Waals surface area (Å²) in [5.41, 5.74) is 1.28. The van der Waals surface area contributed by atoms with Crippen LogP contribution >= 0.6 is 11.8 Å². The smallest absolute Gasteiger partial charge is 0.328 e. The summed E-state index contributed by atoms with van der Waals surface area (Å²) in [5.74, 6) is -1.66. The number of carboxylic acid groups (broad SMARTS) is 1. The Morgan fingerprint density at radius 1 is 0.897 bits per heavy atom. The molecule has 29 heavy (non-hydrogen) atoms. The van der Waals surface area contributed by atoms with Gasteiger partial charge in [-0.2, -0.15) is 0 Å². The van der Waals surface area contributed by atoms with E-state index in [2.05, 4.69) is 10.6 Å². The van der Waals surface area contributed by atoms with Gasteiger partial charge in [0.2, 0.25) is 11.8 Å². The van der Waals surface area contributed by atoms with E-state index < -0.39 is 11.9 Å². The van der Waals surface area contributed by atoms with Crippen molar-refractivity contribution in [2.24, 2.45) is 0 Å². The van der Waals surface area contributed by atoms with Gasteiger partial charge in [0.05, 0.1) is 5.75 Å². The minimum atomic E-state index is -1.19. The first-order valence-electron chi connectivity index (χ1n) is 8.74. The van der Waals surface area contributed by atoms with Crippen LogP contribution in [-0.4, -0.2) is 28.6 Å². The van der Waals surface area contributed by atoms with Gasteiger partial charge in [0, 0.05) is 33.8 Å². The van der Waals surface area contributed by atoms with Crippen molar-refractivity contribution >= 4 is 51.7 Å². The van der Waals surface area contributed by atoms with Gasteiger partial charge in [-0.1, -0.05) is 42.5 Å². The van der Waals surface area contributed by atoms with E-state index in [1.807, 2.05) is 48.5 Å². The summed E-state index contributed by atoms with van der Waals surface area (Å²) in [5, 5.41) is 16.1. The molecule has 0 aliphatic carbocycles. The number of rotatable bonds is 7. The molecule has 3 rings (SSSR count). The lowest BCUT2D eigenvalue weighted by Crippen LogP contribution is -2.14. The van der Waals surface area contributed by atoms with Crippen molar-refractivity contribution in [2.45, 2.75) is 4.90 Å². The lowest BCUT2D eigenvalue weighted by atomic mass is 10.1. The Hall–Kier alpha value is -3.58. The fourth-order valence-corrected chi connectivity index (χ4v) is 3.42. The molecule has 3 aromatic rings. The van der Waals surface area contributed by atoms with E-state index in [0.717, 1.165) is 33.5 Å². The Kier molecular flexibility index (Phi) is 6.65. The van der Waals surface area contributed by atoms with Crippen LogP contribution in [0.25, 0.3) is 10.8 Å². The predicted molar refractivity (Wildman–Crippen MR) is 115 cm³/mol. The molecule has 2 amide bonds. The highest BCUT2D eigenvalue weighted by molar-refractivity contribution is 8.00. The summed E-state index contributed by atoms with van der Waals surface area (Å²) in [6, 6.07) is 20.6. The Morgan fingerprint density at radius 2 is 1.66 bits per heavy atom. The van der Waals surface area contributed by atoms with Crippen LogP contribution in [0.15, 0.2) is 83.8 Å². The van der Waals surface area contributed by atoms with Crippen LogP contribution in [0.5, 0.6) is 0 Å². The Balaban J connectivity index is 1.59. The molecule has 0 fully saturated rings. The average Bonchev–Trinajstić information content (AvgIpc) is 2.71. The number of hydrogen-bond donors (Lipinski definition) is 3. The van der Waals surface area contributed by atoms with Crippen molar-refractivity contribution < 1.29 is 19.5 Å². The molecule has 0 spiro atoms. The SMILES string of the molecule is O=C(O)/C=C/C(=O)Nc1cccc(SCC(=O)Nc2cccc3ccccc23)c1. The van der Waals surface area contributed by atoms with Crippen LogP contribution < -0.4 is 10.6 Å². The fraction of sp³-hybridized carbons (Fsp3) is 0.0455. The van der Waals surface area contributed by atoms with Crippen LogP contribution in [0.3, 0.4) is 0 Å². The van der Waals surface area contributed by atoms with Crippen LogP contribution in [0, 0.1) is 0 Å². The molecule has 3 N–H and O–H groups in total. The molecule has 0 saturated carbocycles. The molecule has 3 aromatic carbocycles. The molecule has 0 bridgehead atoms. The van der Waals surface area contributed by atoms with Gasteiger partial charge in [-0.05, 0) is 29.7 Å². The highest BCUT2D eigenvalue weighted by atomic mass is 32.2. The number of aliphatic carboxylic acids is 1. The van der Waals surface area contributed by atoms with Gasteiger partial charge in [-0.25, -0.2) is 4.79 Å². The second-order valence-corrected chi connectivity index (χ2v) is 7.10.